The highest BCUT2D eigenvalue weighted by Crippen LogP contribution is 2.28. The second kappa shape index (κ2) is 8.69. The Morgan fingerprint density at radius 3 is 2.71 bits per heavy atom. The molecular weight excluding hydrogens is 396 g/mol. The zero-order valence-electron chi connectivity index (χ0n) is 16.4. The fourth-order valence-corrected chi connectivity index (χ4v) is 5.30. The zero-order valence-corrected chi connectivity index (χ0v) is 18.1. The molecule has 7 nitrogen and oxygen atoms in total. The lowest BCUT2D eigenvalue weighted by atomic mass is 10.2. The summed E-state index contributed by atoms with van der Waals surface area (Å²) in [6.07, 6.45) is 2.62. The average molecular weight is 423 g/mol. The van der Waals surface area contributed by atoms with Crippen LogP contribution in [0.5, 0.6) is 0 Å². The van der Waals surface area contributed by atoms with Crippen molar-refractivity contribution in [1.82, 2.24) is 14.2 Å². The van der Waals surface area contributed by atoms with E-state index in [1.165, 1.54) is 44.8 Å². The molecule has 1 aliphatic rings. The number of amides is 1. The van der Waals surface area contributed by atoms with Gasteiger partial charge in [0.15, 0.2) is 5.13 Å². The minimum atomic E-state index is -3.53. The highest BCUT2D eigenvalue weighted by atomic mass is 32.2. The number of carbonyl (C=O) groups is 1. The SMILES string of the molecule is CCCCN(C)S(=O)(=O)c1ccc(C(=O)Nc2nc3c(s2)CN(C)CC3)cc1. The van der Waals surface area contributed by atoms with Gasteiger partial charge in [0.25, 0.3) is 5.91 Å². The molecule has 0 aliphatic carbocycles. The average Bonchev–Trinajstić information content (AvgIpc) is 3.07. The number of sulfonamides is 1. The number of hydrogen-bond donors (Lipinski definition) is 1. The quantitative estimate of drug-likeness (QED) is 0.742. The third-order valence-corrected chi connectivity index (χ3v) is 7.66. The summed E-state index contributed by atoms with van der Waals surface area (Å²) in [5.41, 5.74) is 1.45. The molecule has 1 aromatic heterocycles. The number of thiazole rings is 1. The van der Waals surface area contributed by atoms with E-state index < -0.39 is 10.0 Å². The largest absolute Gasteiger partial charge is 0.301 e. The molecular formula is C19H26N4O3S2. The maximum atomic E-state index is 12.6. The smallest absolute Gasteiger partial charge is 0.257 e. The summed E-state index contributed by atoms with van der Waals surface area (Å²) < 4.78 is 26.5. The van der Waals surface area contributed by atoms with Gasteiger partial charge >= 0.3 is 0 Å². The van der Waals surface area contributed by atoms with Crippen molar-refractivity contribution in [3.63, 3.8) is 0 Å². The van der Waals surface area contributed by atoms with E-state index in [2.05, 4.69) is 22.2 Å². The number of benzene rings is 1. The number of rotatable bonds is 7. The standard InChI is InChI=1S/C19H26N4O3S2/c1-4-5-11-23(3)28(25,26)15-8-6-14(7-9-15)18(24)21-19-20-16-10-12-22(2)13-17(16)27-19/h6-9H,4-5,10-13H2,1-3H3,(H,20,21,24). The van der Waals surface area contributed by atoms with Gasteiger partial charge in [-0.25, -0.2) is 17.7 Å². The third kappa shape index (κ3) is 4.60. The summed E-state index contributed by atoms with van der Waals surface area (Å²) in [6.45, 7) is 4.31. The van der Waals surface area contributed by atoms with E-state index in [0.717, 1.165) is 38.0 Å². The summed E-state index contributed by atoms with van der Waals surface area (Å²) in [5.74, 6) is -0.289. The van der Waals surface area contributed by atoms with Crippen LogP contribution in [0.1, 0.15) is 40.7 Å². The summed E-state index contributed by atoms with van der Waals surface area (Å²) in [7, 11) is 0.109. The van der Waals surface area contributed by atoms with Crippen molar-refractivity contribution in [2.24, 2.45) is 0 Å². The molecule has 152 valence electrons. The Kier molecular flexibility index (Phi) is 6.49. The Balaban J connectivity index is 1.69. The third-order valence-electron chi connectivity index (χ3n) is 4.79. The minimum Gasteiger partial charge on any atom is -0.301 e. The van der Waals surface area contributed by atoms with Gasteiger partial charge in [-0.15, -0.1) is 11.3 Å². The molecule has 0 fully saturated rings. The van der Waals surface area contributed by atoms with E-state index in [0.29, 0.717) is 17.2 Å². The first-order chi connectivity index (χ1) is 13.3. The molecule has 0 saturated carbocycles. The molecule has 0 saturated heterocycles. The van der Waals surface area contributed by atoms with Crippen molar-refractivity contribution in [3.8, 4) is 0 Å². The molecule has 3 rings (SSSR count). The molecule has 0 atom stereocenters. The topological polar surface area (TPSA) is 82.6 Å². The van der Waals surface area contributed by atoms with Gasteiger partial charge in [0.05, 0.1) is 10.6 Å². The van der Waals surface area contributed by atoms with E-state index in [9.17, 15) is 13.2 Å². The lowest BCUT2D eigenvalue weighted by Gasteiger charge is -2.20. The van der Waals surface area contributed by atoms with Crippen molar-refractivity contribution in [2.75, 3.05) is 32.5 Å². The number of fused-ring (bicyclic) bond motifs is 1. The number of nitrogens with zero attached hydrogens (tertiary/aromatic N) is 3. The highest BCUT2D eigenvalue weighted by molar-refractivity contribution is 7.89. The van der Waals surface area contributed by atoms with E-state index >= 15 is 0 Å². The van der Waals surface area contributed by atoms with Crippen LogP contribution in [0.4, 0.5) is 5.13 Å². The van der Waals surface area contributed by atoms with Crippen LogP contribution in [0.25, 0.3) is 0 Å². The lowest BCUT2D eigenvalue weighted by molar-refractivity contribution is 0.102. The molecule has 1 N–H and O–H groups in total. The maximum Gasteiger partial charge on any atom is 0.257 e. The molecule has 1 aliphatic heterocycles. The Hall–Kier alpha value is -1.81. The first kappa shape index (κ1) is 20.9. The van der Waals surface area contributed by atoms with Crippen LogP contribution < -0.4 is 5.32 Å². The highest BCUT2D eigenvalue weighted by Gasteiger charge is 2.22. The molecule has 28 heavy (non-hydrogen) atoms. The van der Waals surface area contributed by atoms with Crippen molar-refractivity contribution >= 4 is 32.4 Å². The van der Waals surface area contributed by atoms with Gasteiger partial charge in [0, 0.05) is 43.5 Å². The van der Waals surface area contributed by atoms with Crippen molar-refractivity contribution in [3.05, 3.63) is 40.4 Å². The van der Waals surface area contributed by atoms with E-state index in [4.69, 9.17) is 0 Å². The molecule has 2 aromatic rings. The molecule has 9 heteroatoms. The number of hydrogen-bond acceptors (Lipinski definition) is 6. The van der Waals surface area contributed by atoms with Crippen molar-refractivity contribution in [1.29, 1.82) is 0 Å². The predicted octanol–water partition coefficient (Wildman–Crippen LogP) is 2.80. The van der Waals surface area contributed by atoms with Crippen LogP contribution in [-0.2, 0) is 23.0 Å². The lowest BCUT2D eigenvalue weighted by Crippen LogP contribution is -2.28. The molecule has 0 spiro atoms. The Labute approximate surface area is 170 Å². The van der Waals surface area contributed by atoms with Gasteiger partial charge in [-0.3, -0.25) is 10.1 Å². The van der Waals surface area contributed by atoms with Crippen LogP contribution in [0.3, 0.4) is 0 Å². The summed E-state index contributed by atoms with van der Waals surface area (Å²) >= 11 is 1.49. The Bertz CT molecular complexity index is 939. The van der Waals surface area contributed by atoms with Gasteiger partial charge in [0.1, 0.15) is 0 Å². The molecule has 2 heterocycles. The summed E-state index contributed by atoms with van der Waals surface area (Å²) in [6, 6.07) is 6.04. The monoisotopic (exact) mass is 422 g/mol. The normalized spacial score (nSPS) is 14.9. The van der Waals surface area contributed by atoms with Gasteiger partial charge in [-0.2, -0.15) is 0 Å². The van der Waals surface area contributed by atoms with Crippen LogP contribution in [0.2, 0.25) is 0 Å². The molecule has 1 aromatic carbocycles. The number of carbonyl (C=O) groups excluding carboxylic acids is 1. The maximum absolute atomic E-state index is 12.6. The van der Waals surface area contributed by atoms with Crippen molar-refractivity contribution < 1.29 is 13.2 Å². The number of aromatic nitrogens is 1. The second-order valence-corrected chi connectivity index (χ2v) is 10.2. The van der Waals surface area contributed by atoms with Crippen molar-refractivity contribution in [2.45, 2.75) is 37.6 Å². The molecule has 1 amide bonds. The predicted molar refractivity (Wildman–Crippen MR) is 111 cm³/mol. The van der Waals surface area contributed by atoms with Crippen LogP contribution in [0, 0.1) is 0 Å². The zero-order chi connectivity index (χ0) is 20.3. The second-order valence-electron chi connectivity index (χ2n) is 7.04. The summed E-state index contributed by atoms with van der Waals surface area (Å²) in [4.78, 5) is 20.6. The van der Waals surface area contributed by atoms with Gasteiger partial charge in [0.2, 0.25) is 10.0 Å². The molecule has 0 radical (unpaired) electrons. The number of unbranched alkanes of at least 4 members (excludes halogenated alkanes) is 1. The Morgan fingerprint density at radius 1 is 1.32 bits per heavy atom. The summed E-state index contributed by atoms with van der Waals surface area (Å²) in [5, 5.41) is 3.41. The fraction of sp³-hybridized carbons (Fsp3) is 0.474. The number of likely N-dealkylation sites (N-methyl/N-ethyl adjacent to an activating group) is 1. The fourth-order valence-electron chi connectivity index (χ4n) is 3.01. The van der Waals surface area contributed by atoms with Gasteiger partial charge in [-0.1, -0.05) is 13.3 Å². The van der Waals surface area contributed by atoms with Gasteiger partial charge < -0.3 is 4.90 Å². The Morgan fingerprint density at radius 2 is 2.04 bits per heavy atom. The van der Waals surface area contributed by atoms with Gasteiger partial charge in [-0.05, 0) is 37.7 Å². The number of nitrogens with one attached hydrogen (secondary N) is 1. The minimum absolute atomic E-state index is 0.190. The van der Waals surface area contributed by atoms with E-state index in [1.807, 2.05) is 6.92 Å². The number of anilines is 1. The molecule has 0 unspecified atom stereocenters. The van der Waals surface area contributed by atoms with E-state index in [1.54, 1.807) is 7.05 Å². The molecule has 0 bridgehead atoms. The van der Waals surface area contributed by atoms with E-state index in [-0.39, 0.29) is 10.8 Å². The van der Waals surface area contributed by atoms with Crippen LogP contribution in [-0.4, -0.2) is 55.7 Å². The first-order valence-corrected chi connectivity index (χ1v) is 11.6. The van der Waals surface area contributed by atoms with Crippen LogP contribution in [0.15, 0.2) is 29.2 Å². The van der Waals surface area contributed by atoms with Crippen LogP contribution >= 0.6 is 11.3 Å². The first-order valence-electron chi connectivity index (χ1n) is 9.36.